The number of nitrogens with zero attached hydrogens (tertiary/aromatic N) is 1. The minimum Gasteiger partial charge on any atom is -0.456 e. The van der Waals surface area contributed by atoms with Crippen LogP contribution in [-0.2, 0) is 0 Å². The number of hydrogen-bond donors (Lipinski definition) is 1. The zero-order valence-corrected chi connectivity index (χ0v) is 12.1. The smallest absolute Gasteiger partial charge is 0.255 e. The largest absolute Gasteiger partial charge is 0.456 e. The van der Waals surface area contributed by atoms with Gasteiger partial charge in [-0.25, -0.2) is 4.39 Å². The quantitative estimate of drug-likeness (QED) is 0.783. The maximum absolute atomic E-state index is 13.2. The second-order valence-corrected chi connectivity index (χ2v) is 4.78. The molecule has 0 saturated carbocycles. The number of benzene rings is 2. The van der Waals surface area contributed by atoms with Crippen LogP contribution in [0.5, 0.6) is 11.5 Å². The van der Waals surface area contributed by atoms with Gasteiger partial charge in [0.2, 0.25) is 0 Å². The van der Waals surface area contributed by atoms with E-state index in [-0.39, 0.29) is 11.5 Å². The van der Waals surface area contributed by atoms with Crippen LogP contribution in [0, 0.1) is 5.82 Å². The van der Waals surface area contributed by atoms with Crippen molar-refractivity contribution < 1.29 is 13.9 Å². The van der Waals surface area contributed by atoms with Crippen molar-refractivity contribution in [3.05, 3.63) is 84.4 Å². The van der Waals surface area contributed by atoms with Gasteiger partial charge >= 0.3 is 0 Å². The molecule has 0 aliphatic rings. The maximum Gasteiger partial charge on any atom is 0.255 e. The maximum atomic E-state index is 13.2. The summed E-state index contributed by atoms with van der Waals surface area (Å²) in [5.74, 6) is 0.325. The molecule has 0 aliphatic heterocycles. The Kier molecular flexibility index (Phi) is 4.29. The average Bonchev–Trinajstić information content (AvgIpc) is 2.56. The second kappa shape index (κ2) is 6.70. The van der Waals surface area contributed by atoms with Gasteiger partial charge in [-0.2, -0.15) is 0 Å². The molecule has 4 nitrogen and oxygen atoms in total. The first-order chi connectivity index (χ1) is 11.2. The van der Waals surface area contributed by atoms with Gasteiger partial charge in [0.15, 0.2) is 0 Å². The van der Waals surface area contributed by atoms with Crippen LogP contribution in [0.15, 0.2) is 73.1 Å². The Balaban J connectivity index is 1.74. The van der Waals surface area contributed by atoms with Crippen LogP contribution in [0.2, 0.25) is 0 Å². The molecule has 3 aromatic rings. The third-order valence-corrected chi connectivity index (χ3v) is 3.05. The topological polar surface area (TPSA) is 51.2 Å². The number of ether oxygens (including phenoxy) is 1. The Bertz CT molecular complexity index is 822. The predicted molar refractivity (Wildman–Crippen MR) is 85.1 cm³/mol. The summed E-state index contributed by atoms with van der Waals surface area (Å²) in [6.45, 7) is 0. The van der Waals surface area contributed by atoms with Crippen LogP contribution in [-0.4, -0.2) is 10.9 Å². The average molecular weight is 308 g/mol. The molecule has 0 saturated heterocycles. The molecule has 2 aromatic carbocycles. The van der Waals surface area contributed by atoms with Crippen molar-refractivity contribution in [3.63, 3.8) is 0 Å². The summed E-state index contributed by atoms with van der Waals surface area (Å²) >= 11 is 0. The Labute approximate surface area is 132 Å². The van der Waals surface area contributed by atoms with E-state index in [1.165, 1.54) is 18.2 Å². The minimum atomic E-state index is -0.452. The van der Waals surface area contributed by atoms with E-state index >= 15 is 0 Å². The Hall–Kier alpha value is -3.21. The Morgan fingerprint density at radius 1 is 1.00 bits per heavy atom. The molecule has 0 atom stereocenters. The van der Waals surface area contributed by atoms with Gasteiger partial charge in [-0.3, -0.25) is 9.78 Å². The van der Waals surface area contributed by atoms with E-state index in [0.717, 1.165) is 0 Å². The highest BCUT2D eigenvalue weighted by Crippen LogP contribution is 2.23. The molecular formula is C18H13FN2O2. The number of nitrogens with one attached hydrogen (secondary N) is 1. The van der Waals surface area contributed by atoms with Gasteiger partial charge in [-0.1, -0.05) is 12.1 Å². The summed E-state index contributed by atoms with van der Waals surface area (Å²) in [7, 11) is 0. The predicted octanol–water partition coefficient (Wildman–Crippen LogP) is 4.27. The zero-order valence-electron chi connectivity index (χ0n) is 12.1. The lowest BCUT2D eigenvalue weighted by Gasteiger charge is -2.09. The molecule has 1 aromatic heterocycles. The first kappa shape index (κ1) is 14.7. The minimum absolute atomic E-state index is 0.253. The molecular weight excluding hydrogens is 295 g/mol. The van der Waals surface area contributed by atoms with Crippen LogP contribution < -0.4 is 10.1 Å². The lowest BCUT2D eigenvalue weighted by molar-refractivity contribution is 0.102. The zero-order chi connectivity index (χ0) is 16.1. The SMILES string of the molecule is O=C(Nc1cccc(Oc2cccnc2)c1)c1cccc(F)c1. The molecule has 0 radical (unpaired) electrons. The van der Waals surface area contributed by atoms with Crippen LogP contribution in [0.3, 0.4) is 0 Å². The van der Waals surface area contributed by atoms with Crippen LogP contribution in [0.4, 0.5) is 10.1 Å². The molecule has 1 N–H and O–H groups in total. The number of anilines is 1. The molecule has 23 heavy (non-hydrogen) atoms. The summed E-state index contributed by atoms with van der Waals surface area (Å²) in [4.78, 5) is 16.1. The normalized spacial score (nSPS) is 10.1. The fourth-order valence-corrected chi connectivity index (χ4v) is 2.01. The number of aromatic nitrogens is 1. The van der Waals surface area contributed by atoms with Gasteiger partial charge in [0, 0.05) is 23.5 Å². The highest BCUT2D eigenvalue weighted by atomic mass is 19.1. The van der Waals surface area contributed by atoms with E-state index in [9.17, 15) is 9.18 Å². The van der Waals surface area contributed by atoms with Gasteiger partial charge < -0.3 is 10.1 Å². The molecule has 0 aliphatic carbocycles. The number of carbonyl (C=O) groups excluding carboxylic acids is 1. The summed E-state index contributed by atoms with van der Waals surface area (Å²) in [6, 6.07) is 16.0. The van der Waals surface area contributed by atoms with Crippen LogP contribution in [0.1, 0.15) is 10.4 Å². The number of halogens is 1. The van der Waals surface area contributed by atoms with Gasteiger partial charge in [0.25, 0.3) is 5.91 Å². The van der Waals surface area contributed by atoms with Crippen molar-refractivity contribution in [1.29, 1.82) is 0 Å². The van der Waals surface area contributed by atoms with E-state index in [1.807, 2.05) is 0 Å². The Morgan fingerprint density at radius 3 is 2.61 bits per heavy atom. The fourth-order valence-electron chi connectivity index (χ4n) is 2.01. The number of amides is 1. The molecule has 114 valence electrons. The standard InChI is InChI=1S/C18H13FN2O2/c19-14-5-1-4-13(10-14)18(22)21-15-6-2-7-16(11-15)23-17-8-3-9-20-12-17/h1-12H,(H,21,22). The highest BCUT2D eigenvalue weighted by Gasteiger charge is 2.07. The lowest BCUT2D eigenvalue weighted by atomic mass is 10.2. The molecule has 1 heterocycles. The first-order valence-corrected chi connectivity index (χ1v) is 6.95. The van der Waals surface area contributed by atoms with Gasteiger partial charge in [-0.15, -0.1) is 0 Å². The van der Waals surface area contributed by atoms with Gasteiger partial charge in [0.05, 0.1) is 6.20 Å². The second-order valence-electron chi connectivity index (χ2n) is 4.78. The van der Waals surface area contributed by atoms with Crippen molar-refractivity contribution in [1.82, 2.24) is 4.98 Å². The number of pyridine rings is 1. The third kappa shape index (κ3) is 3.91. The molecule has 3 rings (SSSR count). The van der Waals surface area contributed by atoms with E-state index in [0.29, 0.717) is 17.2 Å². The molecule has 0 spiro atoms. The Morgan fingerprint density at radius 2 is 1.83 bits per heavy atom. The fraction of sp³-hybridized carbons (Fsp3) is 0. The van der Waals surface area contributed by atoms with E-state index < -0.39 is 5.82 Å². The van der Waals surface area contributed by atoms with Gasteiger partial charge in [0.1, 0.15) is 17.3 Å². The van der Waals surface area contributed by atoms with Crippen molar-refractivity contribution in [2.75, 3.05) is 5.32 Å². The van der Waals surface area contributed by atoms with E-state index in [2.05, 4.69) is 10.3 Å². The van der Waals surface area contributed by atoms with E-state index in [4.69, 9.17) is 4.74 Å². The highest BCUT2D eigenvalue weighted by molar-refractivity contribution is 6.04. The van der Waals surface area contributed by atoms with E-state index in [1.54, 1.807) is 54.9 Å². The first-order valence-electron chi connectivity index (χ1n) is 6.95. The van der Waals surface area contributed by atoms with Crippen molar-refractivity contribution in [3.8, 4) is 11.5 Å². The summed E-state index contributed by atoms with van der Waals surface area (Å²) in [5.41, 5.74) is 0.809. The summed E-state index contributed by atoms with van der Waals surface area (Å²) in [6.07, 6.45) is 3.25. The molecule has 5 heteroatoms. The number of carbonyl (C=O) groups is 1. The molecule has 0 fully saturated rings. The summed E-state index contributed by atoms with van der Waals surface area (Å²) in [5, 5.41) is 2.71. The molecule has 0 bridgehead atoms. The lowest BCUT2D eigenvalue weighted by Crippen LogP contribution is -2.11. The number of hydrogen-bond acceptors (Lipinski definition) is 3. The molecule has 1 amide bonds. The van der Waals surface area contributed by atoms with Crippen LogP contribution in [0.25, 0.3) is 0 Å². The number of rotatable bonds is 4. The van der Waals surface area contributed by atoms with Crippen molar-refractivity contribution in [2.45, 2.75) is 0 Å². The van der Waals surface area contributed by atoms with Crippen LogP contribution >= 0.6 is 0 Å². The van der Waals surface area contributed by atoms with Crippen molar-refractivity contribution in [2.24, 2.45) is 0 Å². The van der Waals surface area contributed by atoms with Crippen molar-refractivity contribution >= 4 is 11.6 Å². The third-order valence-electron chi connectivity index (χ3n) is 3.05. The monoisotopic (exact) mass is 308 g/mol. The summed E-state index contributed by atoms with van der Waals surface area (Å²) < 4.78 is 18.8. The molecule has 0 unspecified atom stereocenters. The van der Waals surface area contributed by atoms with Gasteiger partial charge in [-0.05, 0) is 42.5 Å².